The third-order valence-corrected chi connectivity index (χ3v) is 5.75. The number of benzene rings is 1. The Labute approximate surface area is 231 Å². The number of hydrogen-bond donors (Lipinski definition) is 2. The fraction of sp³-hybridized carbons (Fsp3) is 0.643. The standard InChI is InChI=1S/C28H44N2O9/c1-4-24(31)10-14-35-19-28(20-36-15-11-25(32)29-2,21-37-16-12-26(33)30-3)22-38-17-13-27(34)39-18-23-8-6-5-7-9-23/h5-9H,4,10-22H2,1-3H3,(H,29,32)(H,30,33). The average molecular weight is 553 g/mol. The number of ether oxygens (including phenoxy) is 5. The molecule has 0 bridgehead atoms. The van der Waals surface area contributed by atoms with E-state index in [1.807, 2.05) is 30.3 Å². The van der Waals surface area contributed by atoms with E-state index in [4.69, 9.17) is 23.7 Å². The molecule has 0 aliphatic heterocycles. The lowest BCUT2D eigenvalue weighted by Crippen LogP contribution is -2.42. The summed E-state index contributed by atoms with van der Waals surface area (Å²) in [5.74, 6) is -0.596. The number of carbonyl (C=O) groups is 4. The van der Waals surface area contributed by atoms with Gasteiger partial charge in [0, 0.05) is 39.8 Å². The molecule has 0 atom stereocenters. The number of nitrogens with one attached hydrogen (secondary N) is 2. The number of rotatable bonds is 23. The van der Waals surface area contributed by atoms with Crippen LogP contribution in [0.1, 0.15) is 44.6 Å². The predicted octanol–water partition coefficient (Wildman–Crippen LogP) is 1.81. The maximum absolute atomic E-state index is 12.2. The Bertz CT molecular complexity index is 789. The van der Waals surface area contributed by atoms with Crippen molar-refractivity contribution < 1.29 is 42.9 Å². The first-order chi connectivity index (χ1) is 18.8. The van der Waals surface area contributed by atoms with Crippen molar-refractivity contribution in [2.45, 2.75) is 45.6 Å². The highest BCUT2D eigenvalue weighted by atomic mass is 16.5. The van der Waals surface area contributed by atoms with Crippen LogP contribution in [0, 0.1) is 5.41 Å². The number of ketones is 1. The van der Waals surface area contributed by atoms with E-state index in [1.54, 1.807) is 21.0 Å². The molecule has 11 nitrogen and oxygen atoms in total. The number of amides is 2. The molecule has 39 heavy (non-hydrogen) atoms. The van der Waals surface area contributed by atoms with Crippen LogP contribution in [-0.4, -0.2) is 90.5 Å². The van der Waals surface area contributed by atoms with Gasteiger partial charge in [-0.25, -0.2) is 0 Å². The monoisotopic (exact) mass is 552 g/mol. The molecule has 0 fully saturated rings. The zero-order valence-corrected chi connectivity index (χ0v) is 23.5. The van der Waals surface area contributed by atoms with Crippen LogP contribution in [0.15, 0.2) is 30.3 Å². The molecule has 1 rings (SSSR count). The molecule has 0 aliphatic rings. The minimum atomic E-state index is -0.797. The highest BCUT2D eigenvalue weighted by molar-refractivity contribution is 5.78. The molecule has 1 aromatic rings. The lowest BCUT2D eigenvalue weighted by atomic mass is 9.92. The van der Waals surface area contributed by atoms with Crippen LogP contribution < -0.4 is 10.6 Å². The Morgan fingerprint density at radius 1 is 0.692 bits per heavy atom. The molecule has 0 unspecified atom stereocenters. The zero-order chi connectivity index (χ0) is 28.8. The quantitative estimate of drug-likeness (QED) is 0.154. The summed E-state index contributed by atoms with van der Waals surface area (Å²) in [4.78, 5) is 47.0. The molecule has 11 heteroatoms. The van der Waals surface area contributed by atoms with E-state index in [1.165, 1.54) is 0 Å². The zero-order valence-electron chi connectivity index (χ0n) is 23.5. The minimum Gasteiger partial charge on any atom is -0.461 e. The van der Waals surface area contributed by atoms with Gasteiger partial charge in [-0.1, -0.05) is 37.3 Å². The normalized spacial score (nSPS) is 11.2. The summed E-state index contributed by atoms with van der Waals surface area (Å²) in [7, 11) is 3.11. The van der Waals surface area contributed by atoms with E-state index in [2.05, 4.69) is 10.6 Å². The molecule has 0 spiro atoms. The van der Waals surface area contributed by atoms with Gasteiger partial charge in [0.05, 0.1) is 64.7 Å². The predicted molar refractivity (Wildman–Crippen MR) is 144 cm³/mol. The van der Waals surface area contributed by atoms with Crippen molar-refractivity contribution in [3.05, 3.63) is 35.9 Å². The van der Waals surface area contributed by atoms with Crippen LogP contribution >= 0.6 is 0 Å². The number of esters is 1. The van der Waals surface area contributed by atoms with Gasteiger partial charge in [-0.2, -0.15) is 0 Å². The molecular formula is C28H44N2O9. The molecule has 0 aromatic heterocycles. The van der Waals surface area contributed by atoms with Gasteiger partial charge in [0.15, 0.2) is 0 Å². The Morgan fingerprint density at radius 2 is 1.15 bits per heavy atom. The Morgan fingerprint density at radius 3 is 1.62 bits per heavy atom. The van der Waals surface area contributed by atoms with Crippen LogP contribution in [-0.2, 0) is 49.5 Å². The SMILES string of the molecule is CCC(=O)CCOCC(COCCC(=O)NC)(COCCC(=O)NC)COCCC(=O)OCc1ccccc1. The molecule has 0 heterocycles. The molecular weight excluding hydrogens is 508 g/mol. The molecule has 0 aliphatic carbocycles. The van der Waals surface area contributed by atoms with Crippen LogP contribution in [0.5, 0.6) is 0 Å². The number of Topliss-reactive ketones (excluding diaryl/α,β-unsaturated/α-hetero) is 1. The molecule has 2 amide bonds. The molecule has 2 N–H and O–H groups in total. The van der Waals surface area contributed by atoms with Gasteiger partial charge in [-0.3, -0.25) is 19.2 Å². The van der Waals surface area contributed by atoms with E-state index < -0.39 is 5.41 Å². The summed E-state index contributed by atoms with van der Waals surface area (Å²) >= 11 is 0. The van der Waals surface area contributed by atoms with Crippen molar-refractivity contribution in [3.63, 3.8) is 0 Å². The van der Waals surface area contributed by atoms with Gasteiger partial charge in [0.2, 0.25) is 11.8 Å². The molecule has 220 valence electrons. The highest BCUT2D eigenvalue weighted by Crippen LogP contribution is 2.21. The van der Waals surface area contributed by atoms with Crippen molar-refractivity contribution in [2.24, 2.45) is 5.41 Å². The van der Waals surface area contributed by atoms with Gasteiger partial charge in [0.25, 0.3) is 0 Å². The van der Waals surface area contributed by atoms with Crippen molar-refractivity contribution in [1.29, 1.82) is 0 Å². The maximum Gasteiger partial charge on any atom is 0.308 e. The summed E-state index contributed by atoms with van der Waals surface area (Å²) in [6.07, 6.45) is 1.15. The summed E-state index contributed by atoms with van der Waals surface area (Å²) in [6.45, 7) is 3.26. The third-order valence-electron chi connectivity index (χ3n) is 5.75. The first kappa shape index (κ1) is 34.2. The minimum absolute atomic E-state index is 0.0594. The fourth-order valence-corrected chi connectivity index (χ4v) is 3.31. The van der Waals surface area contributed by atoms with Crippen LogP contribution in [0.3, 0.4) is 0 Å². The summed E-state index contributed by atoms with van der Waals surface area (Å²) in [5.41, 5.74) is 0.0986. The molecule has 0 saturated heterocycles. The van der Waals surface area contributed by atoms with Gasteiger partial charge in [-0.05, 0) is 5.56 Å². The lowest BCUT2D eigenvalue weighted by Gasteiger charge is -2.33. The van der Waals surface area contributed by atoms with Crippen molar-refractivity contribution in [2.75, 3.05) is 67.0 Å². The Balaban J connectivity index is 2.73. The topological polar surface area (TPSA) is 138 Å². The number of carbonyl (C=O) groups excluding carboxylic acids is 4. The van der Waals surface area contributed by atoms with Crippen molar-refractivity contribution in [1.82, 2.24) is 10.6 Å². The first-order valence-corrected chi connectivity index (χ1v) is 13.3. The average Bonchev–Trinajstić information content (AvgIpc) is 2.96. The fourth-order valence-electron chi connectivity index (χ4n) is 3.31. The summed E-state index contributed by atoms with van der Waals surface area (Å²) in [5, 5.41) is 5.09. The molecule has 0 radical (unpaired) electrons. The second-order valence-corrected chi connectivity index (χ2v) is 9.10. The van der Waals surface area contributed by atoms with Gasteiger partial charge >= 0.3 is 5.97 Å². The van der Waals surface area contributed by atoms with Crippen molar-refractivity contribution >= 4 is 23.6 Å². The summed E-state index contributed by atoms with van der Waals surface area (Å²) in [6, 6.07) is 9.39. The maximum atomic E-state index is 12.2. The van der Waals surface area contributed by atoms with E-state index in [0.29, 0.717) is 6.42 Å². The van der Waals surface area contributed by atoms with Crippen LogP contribution in [0.2, 0.25) is 0 Å². The lowest BCUT2D eigenvalue weighted by molar-refractivity contribution is -0.147. The van der Waals surface area contributed by atoms with Gasteiger partial charge in [-0.15, -0.1) is 0 Å². The molecule has 0 saturated carbocycles. The summed E-state index contributed by atoms with van der Waals surface area (Å²) < 4.78 is 28.6. The Kier molecular flexibility index (Phi) is 18.4. The van der Waals surface area contributed by atoms with E-state index in [0.717, 1.165) is 5.56 Å². The second kappa shape index (κ2) is 21.0. The van der Waals surface area contributed by atoms with Crippen LogP contribution in [0.25, 0.3) is 0 Å². The van der Waals surface area contributed by atoms with E-state index in [-0.39, 0.29) is 109 Å². The smallest absolute Gasteiger partial charge is 0.308 e. The van der Waals surface area contributed by atoms with E-state index in [9.17, 15) is 19.2 Å². The van der Waals surface area contributed by atoms with Crippen molar-refractivity contribution in [3.8, 4) is 0 Å². The number of hydrogen-bond acceptors (Lipinski definition) is 9. The largest absolute Gasteiger partial charge is 0.461 e. The first-order valence-electron chi connectivity index (χ1n) is 13.3. The van der Waals surface area contributed by atoms with Gasteiger partial charge in [0.1, 0.15) is 12.4 Å². The highest BCUT2D eigenvalue weighted by Gasteiger charge is 2.33. The van der Waals surface area contributed by atoms with Crippen LogP contribution in [0.4, 0.5) is 0 Å². The second-order valence-electron chi connectivity index (χ2n) is 9.10. The van der Waals surface area contributed by atoms with Gasteiger partial charge < -0.3 is 34.3 Å². The Hall–Kier alpha value is -2.86. The third kappa shape index (κ3) is 16.7. The van der Waals surface area contributed by atoms with E-state index >= 15 is 0 Å². The molecule has 1 aromatic carbocycles.